The predicted molar refractivity (Wildman–Crippen MR) is 119 cm³/mol. The maximum Gasteiger partial charge on any atom is 0.0709 e. The lowest BCUT2D eigenvalue weighted by Gasteiger charge is -2.17. The number of hydrogen-bond donors (Lipinski definition) is 0. The van der Waals surface area contributed by atoms with Crippen LogP contribution in [0.1, 0.15) is 11.1 Å². The van der Waals surface area contributed by atoms with Gasteiger partial charge in [0.2, 0.25) is 0 Å². The highest BCUT2D eigenvalue weighted by molar-refractivity contribution is 7.99. The molecule has 0 radical (unpaired) electrons. The largest absolute Gasteiger partial charge is 0.248 e. The first-order valence-electron chi connectivity index (χ1n) is 9.45. The van der Waals surface area contributed by atoms with Crippen LogP contribution in [0.25, 0.3) is 21.8 Å². The molecule has 0 aliphatic carbocycles. The number of benzene rings is 4. The first kappa shape index (κ1) is 17.0. The molecule has 0 atom stereocenters. The lowest BCUT2D eigenvalue weighted by atomic mass is 10.0. The second-order valence-electron chi connectivity index (χ2n) is 6.87. The number of hydrogen-bond acceptors (Lipinski definition) is 2. The van der Waals surface area contributed by atoms with Crippen LogP contribution in [-0.2, 0) is 6.42 Å². The van der Waals surface area contributed by atoms with E-state index in [1.807, 2.05) is 48.2 Å². The van der Waals surface area contributed by atoms with Crippen molar-refractivity contribution in [3.05, 3.63) is 114 Å². The number of aromatic nitrogens is 1. The van der Waals surface area contributed by atoms with Crippen molar-refractivity contribution < 1.29 is 0 Å². The predicted octanol–water partition coefficient (Wildman–Crippen LogP) is 7.13. The average Bonchev–Trinajstić information content (AvgIpc) is 2.76. The maximum absolute atomic E-state index is 4.58. The van der Waals surface area contributed by atoms with Crippen molar-refractivity contribution in [2.45, 2.75) is 16.2 Å². The zero-order chi connectivity index (χ0) is 18.8. The number of para-hydroxylation sites is 2. The van der Waals surface area contributed by atoms with Crippen LogP contribution in [-0.4, -0.2) is 4.98 Å². The van der Waals surface area contributed by atoms with E-state index in [0.717, 1.165) is 17.5 Å². The van der Waals surface area contributed by atoms with E-state index < -0.39 is 0 Å². The summed E-state index contributed by atoms with van der Waals surface area (Å²) in [4.78, 5) is 7.39. The Morgan fingerprint density at radius 2 is 1.00 bits per heavy atom. The fourth-order valence-corrected chi connectivity index (χ4v) is 4.62. The summed E-state index contributed by atoms with van der Waals surface area (Å²) in [5.74, 6) is 0. The third kappa shape index (κ3) is 3.39. The van der Waals surface area contributed by atoms with Crippen molar-refractivity contribution in [3.8, 4) is 0 Å². The molecule has 1 aromatic heterocycles. The van der Waals surface area contributed by atoms with E-state index in [1.54, 1.807) is 0 Å². The molecule has 5 aromatic rings. The Hall–Kier alpha value is -3.10. The van der Waals surface area contributed by atoms with Crippen LogP contribution < -0.4 is 0 Å². The molecule has 0 saturated carbocycles. The summed E-state index contributed by atoms with van der Waals surface area (Å²) in [7, 11) is 0. The monoisotopic (exact) mass is 377 g/mol. The lowest BCUT2D eigenvalue weighted by molar-refractivity contribution is 1.06. The van der Waals surface area contributed by atoms with Crippen molar-refractivity contribution in [1.29, 1.82) is 0 Å². The highest BCUT2D eigenvalue weighted by Gasteiger charge is 2.13. The van der Waals surface area contributed by atoms with Gasteiger partial charge in [0.15, 0.2) is 0 Å². The molecule has 0 bridgehead atoms. The molecule has 0 fully saturated rings. The molecular formula is C26H19NS. The van der Waals surface area contributed by atoms with Gasteiger partial charge in [-0.2, -0.15) is 0 Å². The molecule has 2 heteroatoms. The van der Waals surface area contributed by atoms with E-state index >= 15 is 0 Å². The van der Waals surface area contributed by atoms with Gasteiger partial charge in [0.25, 0.3) is 0 Å². The first-order chi connectivity index (χ1) is 13.9. The third-order valence-corrected chi connectivity index (χ3v) is 6.21. The molecule has 0 N–H and O–H groups in total. The molecule has 0 saturated heterocycles. The minimum atomic E-state index is 1.06. The van der Waals surface area contributed by atoms with Crippen molar-refractivity contribution in [2.75, 3.05) is 0 Å². The minimum absolute atomic E-state index is 1.06. The van der Waals surface area contributed by atoms with Gasteiger partial charge in [0.1, 0.15) is 0 Å². The molecule has 4 aromatic carbocycles. The lowest BCUT2D eigenvalue weighted by Crippen LogP contribution is -1.98. The van der Waals surface area contributed by atoms with Gasteiger partial charge >= 0.3 is 0 Å². The summed E-state index contributed by atoms with van der Waals surface area (Å²) in [5.41, 5.74) is 5.03. The third-order valence-electron chi connectivity index (χ3n) is 4.97. The summed E-state index contributed by atoms with van der Waals surface area (Å²) < 4.78 is 0. The molecule has 0 amide bonds. The van der Waals surface area contributed by atoms with Crippen LogP contribution in [0, 0.1) is 0 Å². The van der Waals surface area contributed by atoms with Crippen molar-refractivity contribution >= 4 is 33.6 Å². The fourth-order valence-electron chi connectivity index (χ4n) is 3.54. The fraction of sp³-hybridized carbons (Fsp3) is 0.0385. The molecule has 0 spiro atoms. The van der Waals surface area contributed by atoms with Crippen molar-refractivity contribution in [2.24, 2.45) is 0 Å². The molecule has 1 aliphatic rings. The molecule has 1 aliphatic heterocycles. The summed E-state index contributed by atoms with van der Waals surface area (Å²) in [6.45, 7) is 0. The summed E-state index contributed by atoms with van der Waals surface area (Å²) in [6.07, 6.45) is 1.08. The van der Waals surface area contributed by atoms with Gasteiger partial charge in [-0.15, -0.1) is 0 Å². The van der Waals surface area contributed by atoms with Crippen LogP contribution in [0.5, 0.6) is 0 Å². The number of rotatable bonds is 0. The Bertz CT molecular complexity index is 1080. The van der Waals surface area contributed by atoms with Crippen LogP contribution >= 0.6 is 11.8 Å². The summed E-state index contributed by atoms with van der Waals surface area (Å²) >= 11 is 1.88. The second-order valence-corrected chi connectivity index (χ2v) is 7.95. The van der Waals surface area contributed by atoms with Crippen LogP contribution in [0.15, 0.2) is 113 Å². The van der Waals surface area contributed by atoms with E-state index in [4.69, 9.17) is 0 Å². The Balaban J connectivity index is 0.000000122. The maximum atomic E-state index is 4.58. The van der Waals surface area contributed by atoms with Crippen LogP contribution in [0.2, 0.25) is 0 Å². The van der Waals surface area contributed by atoms with E-state index in [-0.39, 0.29) is 0 Å². The zero-order valence-electron chi connectivity index (χ0n) is 15.4. The van der Waals surface area contributed by atoms with Gasteiger partial charge in [-0.25, -0.2) is 4.98 Å². The van der Waals surface area contributed by atoms with Crippen molar-refractivity contribution in [3.63, 3.8) is 0 Å². The van der Waals surface area contributed by atoms with Crippen LogP contribution in [0.3, 0.4) is 0 Å². The topological polar surface area (TPSA) is 12.9 Å². The quantitative estimate of drug-likeness (QED) is 0.261. The highest BCUT2D eigenvalue weighted by Crippen LogP contribution is 2.38. The molecule has 2 heterocycles. The Morgan fingerprint density at radius 3 is 1.57 bits per heavy atom. The standard InChI is InChI=1S/C13H9N.C13H10S/c2*1-3-7-12-10(5-1)9-11-6-2-4-8-13(11)14-12/h1-9H;1-8H,9H2. The van der Waals surface area contributed by atoms with E-state index in [2.05, 4.69) is 71.7 Å². The van der Waals surface area contributed by atoms with E-state index in [9.17, 15) is 0 Å². The smallest absolute Gasteiger partial charge is 0.0709 e. The summed E-state index contributed by atoms with van der Waals surface area (Å²) in [6, 6.07) is 35.9. The van der Waals surface area contributed by atoms with Crippen LogP contribution in [0.4, 0.5) is 0 Å². The number of nitrogens with zero attached hydrogens (tertiary/aromatic N) is 1. The molecule has 28 heavy (non-hydrogen) atoms. The second kappa shape index (κ2) is 7.49. The van der Waals surface area contributed by atoms with Gasteiger partial charge < -0.3 is 0 Å². The SMILES string of the molecule is c1ccc2c(c1)Cc1ccccc1S2.c1ccc2nc3ccccc3cc2c1. The number of pyridine rings is 1. The molecular weight excluding hydrogens is 358 g/mol. The molecule has 6 rings (SSSR count). The van der Waals surface area contributed by atoms with Gasteiger partial charge in [-0.05, 0) is 47.9 Å². The van der Waals surface area contributed by atoms with Gasteiger partial charge in [0, 0.05) is 20.6 Å². The zero-order valence-corrected chi connectivity index (χ0v) is 16.2. The van der Waals surface area contributed by atoms with Gasteiger partial charge in [-0.1, -0.05) is 84.6 Å². The van der Waals surface area contributed by atoms with Gasteiger partial charge in [-0.3, -0.25) is 0 Å². The average molecular weight is 378 g/mol. The Labute approximate surface area is 169 Å². The van der Waals surface area contributed by atoms with E-state index in [1.165, 1.54) is 31.7 Å². The molecule has 1 nitrogen and oxygen atoms in total. The number of fused-ring (bicyclic) bond motifs is 4. The molecule has 0 unspecified atom stereocenters. The highest BCUT2D eigenvalue weighted by atomic mass is 32.2. The Kier molecular flexibility index (Phi) is 4.56. The first-order valence-corrected chi connectivity index (χ1v) is 10.3. The minimum Gasteiger partial charge on any atom is -0.248 e. The Morgan fingerprint density at radius 1 is 0.536 bits per heavy atom. The molecule has 134 valence electrons. The van der Waals surface area contributed by atoms with Gasteiger partial charge in [0.05, 0.1) is 11.0 Å². The normalized spacial score (nSPS) is 12.0. The van der Waals surface area contributed by atoms with Crippen molar-refractivity contribution in [1.82, 2.24) is 4.98 Å². The summed E-state index contributed by atoms with van der Waals surface area (Å²) in [5, 5.41) is 2.40. The van der Waals surface area contributed by atoms with E-state index in [0.29, 0.717) is 0 Å².